The second-order valence-corrected chi connectivity index (χ2v) is 16.0. The maximum absolute atomic E-state index is 13.8. The molecular formula is C35H44ClN3O6S. The summed E-state index contributed by atoms with van der Waals surface area (Å²) in [5.74, 6) is 0.348. The van der Waals surface area contributed by atoms with Gasteiger partial charge in [0.2, 0.25) is 0 Å². The number of aliphatic hydroxyl groups excluding tert-OH is 1. The molecule has 2 aromatic carbocycles. The number of anilines is 1. The largest absolute Gasteiger partial charge is 0.490 e. The maximum Gasteiger partial charge on any atom is 0.304 e. The van der Waals surface area contributed by atoms with E-state index in [-0.39, 0.29) is 35.5 Å². The summed E-state index contributed by atoms with van der Waals surface area (Å²) >= 11 is 6.41. The highest BCUT2D eigenvalue weighted by molar-refractivity contribution is 7.87. The Balaban J connectivity index is 1.27. The molecule has 2 fully saturated rings. The monoisotopic (exact) mass is 669 g/mol. The first-order valence-corrected chi connectivity index (χ1v) is 18.5. The van der Waals surface area contributed by atoms with Gasteiger partial charge >= 0.3 is 10.2 Å². The van der Waals surface area contributed by atoms with E-state index in [1.54, 1.807) is 18.2 Å². The van der Waals surface area contributed by atoms with Crippen LogP contribution in [0.25, 0.3) is 0 Å². The van der Waals surface area contributed by atoms with Gasteiger partial charge in [0.1, 0.15) is 5.75 Å². The fourth-order valence-corrected chi connectivity index (χ4v) is 9.81. The van der Waals surface area contributed by atoms with Crippen molar-refractivity contribution in [3.8, 4) is 5.75 Å². The number of hydrogen-bond acceptors (Lipinski definition) is 7. The van der Waals surface area contributed by atoms with Crippen LogP contribution in [0.5, 0.6) is 5.75 Å². The number of carbonyl (C=O) groups excluding carboxylic acids is 1. The van der Waals surface area contributed by atoms with E-state index in [0.717, 1.165) is 55.7 Å². The Bertz CT molecular complexity index is 1610. The second-order valence-electron chi connectivity index (χ2n) is 13.9. The average Bonchev–Trinajstić information content (AvgIpc) is 3.47. The van der Waals surface area contributed by atoms with Gasteiger partial charge in [-0.1, -0.05) is 29.8 Å². The highest BCUT2D eigenvalue weighted by Crippen LogP contribution is 2.46. The number of aryl methyl sites for hydroxylation is 1. The summed E-state index contributed by atoms with van der Waals surface area (Å²) < 4.78 is 43.6. The Morgan fingerprint density at radius 1 is 1.13 bits per heavy atom. The third-order valence-electron chi connectivity index (χ3n) is 10.9. The number of fused-ring (bicyclic) bond motifs is 4. The third kappa shape index (κ3) is 6.19. The predicted molar refractivity (Wildman–Crippen MR) is 178 cm³/mol. The Hall–Kier alpha value is -2.63. The summed E-state index contributed by atoms with van der Waals surface area (Å²) in [6.45, 7) is 4.45. The van der Waals surface area contributed by atoms with Crippen molar-refractivity contribution in [2.75, 3.05) is 37.7 Å². The summed E-state index contributed by atoms with van der Waals surface area (Å²) in [7, 11) is -4.21. The molecule has 5 aliphatic rings. The van der Waals surface area contributed by atoms with Crippen molar-refractivity contribution in [3.63, 3.8) is 0 Å². The van der Waals surface area contributed by atoms with Crippen LogP contribution < -0.4 is 14.4 Å². The number of nitrogens with zero attached hydrogens (tertiary/aromatic N) is 2. The molecule has 9 nitrogen and oxygen atoms in total. The molecular weight excluding hydrogens is 626 g/mol. The molecule has 2 N–H and O–H groups in total. The van der Waals surface area contributed by atoms with Crippen molar-refractivity contribution in [3.05, 3.63) is 70.3 Å². The summed E-state index contributed by atoms with van der Waals surface area (Å²) in [5.41, 5.74) is 3.25. The minimum atomic E-state index is -4.21. The zero-order chi connectivity index (χ0) is 32.1. The van der Waals surface area contributed by atoms with Crippen LogP contribution in [-0.4, -0.2) is 74.8 Å². The third-order valence-corrected chi connectivity index (χ3v) is 12.7. The molecule has 2 bridgehead atoms. The van der Waals surface area contributed by atoms with E-state index in [1.165, 1.54) is 15.4 Å². The summed E-state index contributed by atoms with van der Waals surface area (Å²) in [5, 5.41) is 12.0. The molecule has 6 atom stereocenters. The van der Waals surface area contributed by atoms with Gasteiger partial charge in [0.15, 0.2) is 0 Å². The van der Waals surface area contributed by atoms with Gasteiger partial charge in [0, 0.05) is 48.3 Å². The van der Waals surface area contributed by atoms with Gasteiger partial charge in [-0.3, -0.25) is 4.79 Å². The molecule has 2 aliphatic carbocycles. The number of hydrogen-bond donors (Lipinski definition) is 2. The normalized spacial score (nSPS) is 33.6. The summed E-state index contributed by atoms with van der Waals surface area (Å²) in [6, 6.07) is 10.9. The number of amides is 1. The number of nitrogens with one attached hydrogen (secondary N) is 1. The Kier molecular flexibility index (Phi) is 8.86. The maximum atomic E-state index is 13.8. The number of aliphatic hydroxyl groups is 1. The molecule has 0 aromatic heterocycles. The van der Waals surface area contributed by atoms with Crippen molar-refractivity contribution in [1.29, 1.82) is 0 Å². The lowest BCUT2D eigenvalue weighted by Gasteiger charge is -2.45. The lowest BCUT2D eigenvalue weighted by Crippen LogP contribution is -2.50. The summed E-state index contributed by atoms with van der Waals surface area (Å²) in [4.78, 5) is 16.0. The lowest BCUT2D eigenvalue weighted by atomic mass is 9.68. The first kappa shape index (κ1) is 31.9. The fourth-order valence-electron chi connectivity index (χ4n) is 8.22. The minimum absolute atomic E-state index is 0.0960. The molecule has 3 heterocycles. The van der Waals surface area contributed by atoms with Gasteiger partial charge in [-0.2, -0.15) is 12.7 Å². The van der Waals surface area contributed by atoms with E-state index in [4.69, 9.17) is 21.1 Å². The Labute approximate surface area is 277 Å². The van der Waals surface area contributed by atoms with Crippen LogP contribution in [0.4, 0.5) is 5.69 Å². The van der Waals surface area contributed by atoms with Crippen molar-refractivity contribution >= 4 is 33.4 Å². The van der Waals surface area contributed by atoms with Crippen LogP contribution in [0, 0.1) is 11.8 Å². The zero-order valence-electron chi connectivity index (χ0n) is 26.4. The smallest absolute Gasteiger partial charge is 0.304 e. The van der Waals surface area contributed by atoms with Gasteiger partial charge in [-0.15, -0.1) is 0 Å². The van der Waals surface area contributed by atoms with E-state index in [1.807, 2.05) is 25.1 Å². The zero-order valence-corrected chi connectivity index (χ0v) is 27.9. The van der Waals surface area contributed by atoms with Crippen LogP contribution >= 0.6 is 11.6 Å². The van der Waals surface area contributed by atoms with E-state index in [2.05, 4.69) is 21.8 Å². The predicted octanol–water partition coefficient (Wildman–Crippen LogP) is 5.00. The van der Waals surface area contributed by atoms with Crippen molar-refractivity contribution in [2.24, 2.45) is 11.8 Å². The molecule has 7 rings (SSSR count). The van der Waals surface area contributed by atoms with E-state index < -0.39 is 28.3 Å². The van der Waals surface area contributed by atoms with Crippen molar-refractivity contribution in [1.82, 2.24) is 9.03 Å². The number of halogens is 1. The average molecular weight is 670 g/mol. The molecule has 1 unspecified atom stereocenters. The lowest BCUT2D eigenvalue weighted by molar-refractivity contribution is 0.0455. The van der Waals surface area contributed by atoms with Gasteiger partial charge in [-0.25, -0.2) is 4.72 Å². The van der Waals surface area contributed by atoms with Crippen LogP contribution in [0.2, 0.25) is 5.02 Å². The number of carbonyl (C=O) groups is 1. The molecule has 3 aliphatic heterocycles. The fraction of sp³-hybridized carbons (Fsp3) is 0.571. The molecule has 11 heteroatoms. The van der Waals surface area contributed by atoms with Gasteiger partial charge < -0.3 is 19.5 Å². The van der Waals surface area contributed by atoms with Gasteiger partial charge in [-0.05, 0) is 112 Å². The van der Waals surface area contributed by atoms with Gasteiger partial charge in [0.05, 0.1) is 24.5 Å². The second kappa shape index (κ2) is 12.8. The summed E-state index contributed by atoms with van der Waals surface area (Å²) in [6.07, 6.45) is 9.79. The molecule has 1 saturated carbocycles. The van der Waals surface area contributed by atoms with Crippen molar-refractivity contribution < 1.29 is 27.8 Å². The first-order valence-electron chi connectivity index (χ1n) is 16.7. The molecule has 1 amide bonds. The number of ether oxygens (including phenoxy) is 2. The first-order chi connectivity index (χ1) is 22.1. The highest BCUT2D eigenvalue weighted by Gasteiger charge is 2.44. The van der Waals surface area contributed by atoms with Crippen LogP contribution in [-0.2, 0) is 26.8 Å². The van der Waals surface area contributed by atoms with Crippen LogP contribution in [0.15, 0.2) is 48.6 Å². The van der Waals surface area contributed by atoms with Crippen molar-refractivity contribution in [2.45, 2.75) is 82.0 Å². The van der Waals surface area contributed by atoms with Gasteiger partial charge in [0.25, 0.3) is 5.91 Å². The molecule has 0 radical (unpaired) electrons. The van der Waals surface area contributed by atoms with Crippen LogP contribution in [0.3, 0.4) is 0 Å². The standard InChI is InChI=1S/C35H44ClN3O6S/c1-23-5-2-8-32(40)29-12-9-26(29)19-38-21-35(15-3-6-24-17-27(36)11-13-30(24)35)22-45-33-14-10-25(18-31(33)38)34(41)37-46(42,43)39(23)20-28-7-4-16-44-28/h2,8,10-11,13-14,17-18,23,26,28-29,32,40H,3-7,9,12,15-16,19-22H2,1H3,(H,37,41)/b8-2+/t23-,26+,28+,29-,32?,35+/m1/s1. The Morgan fingerprint density at radius 2 is 2.00 bits per heavy atom. The number of rotatable bonds is 2. The molecule has 2 aromatic rings. The molecule has 248 valence electrons. The van der Waals surface area contributed by atoms with E-state index in [9.17, 15) is 18.3 Å². The molecule has 1 saturated heterocycles. The van der Waals surface area contributed by atoms with Crippen LogP contribution in [0.1, 0.15) is 73.4 Å². The topological polar surface area (TPSA) is 108 Å². The van der Waals surface area contributed by atoms with E-state index >= 15 is 0 Å². The molecule has 1 spiro atoms. The Morgan fingerprint density at radius 3 is 2.78 bits per heavy atom. The highest BCUT2D eigenvalue weighted by atomic mass is 35.5. The molecule has 46 heavy (non-hydrogen) atoms. The minimum Gasteiger partial charge on any atom is -0.490 e. The number of benzene rings is 2. The SMILES string of the molecule is C[C@@H]1C/C=C/C(O)[C@@H]2CC[C@H]2CN2C[C@@]3(CCCc4cc(Cl)ccc43)COc3ccc(cc32)C(=O)NS(=O)(=O)N1C[C@@H]1CCCO1. The van der Waals surface area contributed by atoms with E-state index in [0.29, 0.717) is 38.5 Å². The quantitative estimate of drug-likeness (QED) is 0.433.